The average Bonchev–Trinajstić information content (AvgIpc) is 2.98. The molecule has 0 saturated heterocycles. The molecule has 0 aliphatic heterocycles. The van der Waals surface area contributed by atoms with Crippen LogP contribution >= 0.6 is 27.5 Å². The van der Waals surface area contributed by atoms with Crippen molar-refractivity contribution in [2.24, 2.45) is 0 Å². The predicted octanol–water partition coefficient (Wildman–Crippen LogP) is 3.65. The Morgan fingerprint density at radius 1 is 1.67 bits per heavy atom. The van der Waals surface area contributed by atoms with Gasteiger partial charge < -0.3 is 4.90 Å². The molecular formula is C11H12BrClN2. The molecule has 1 aliphatic rings. The Balaban J connectivity index is 2.28. The Bertz CT molecular complexity index is 377. The van der Waals surface area contributed by atoms with Crippen LogP contribution in [0.4, 0.5) is 5.82 Å². The van der Waals surface area contributed by atoms with Crippen molar-refractivity contribution >= 4 is 33.3 Å². The summed E-state index contributed by atoms with van der Waals surface area (Å²) in [5.74, 6) is 0.960. The van der Waals surface area contributed by atoms with Crippen molar-refractivity contribution in [2.75, 3.05) is 11.4 Å². The molecule has 0 atom stereocenters. The lowest BCUT2D eigenvalue weighted by Crippen LogP contribution is -2.26. The standard InChI is InChI=1S/C11H12BrClN2/c1-2-5-15(9-3-4-9)11-10(12)6-8(13)7-14-11/h2,6-7,9H,1,3-5H2. The minimum atomic E-state index is 0.618. The molecule has 0 bridgehead atoms. The number of hydrogen-bond donors (Lipinski definition) is 0. The van der Waals surface area contributed by atoms with Crippen LogP contribution in [-0.4, -0.2) is 17.6 Å². The van der Waals surface area contributed by atoms with Crippen LogP contribution in [0.1, 0.15) is 12.8 Å². The highest BCUT2D eigenvalue weighted by Crippen LogP contribution is 2.35. The van der Waals surface area contributed by atoms with Crippen molar-refractivity contribution in [1.29, 1.82) is 0 Å². The van der Waals surface area contributed by atoms with E-state index in [0.29, 0.717) is 11.1 Å². The number of nitrogens with zero attached hydrogens (tertiary/aromatic N) is 2. The van der Waals surface area contributed by atoms with Crippen LogP contribution in [0.5, 0.6) is 0 Å². The molecule has 4 heteroatoms. The second-order valence-corrected chi connectivity index (χ2v) is 4.92. The quantitative estimate of drug-likeness (QED) is 0.786. The summed E-state index contributed by atoms with van der Waals surface area (Å²) in [7, 11) is 0. The van der Waals surface area contributed by atoms with Crippen LogP contribution in [-0.2, 0) is 0 Å². The van der Waals surface area contributed by atoms with Gasteiger partial charge in [-0.05, 0) is 34.8 Å². The summed E-state index contributed by atoms with van der Waals surface area (Å²) in [5, 5.41) is 0.653. The Hall–Kier alpha value is -0.540. The number of hydrogen-bond acceptors (Lipinski definition) is 2. The maximum atomic E-state index is 5.86. The molecule has 1 heterocycles. The van der Waals surface area contributed by atoms with Gasteiger partial charge in [0.2, 0.25) is 0 Å². The van der Waals surface area contributed by atoms with Crippen LogP contribution in [0, 0.1) is 0 Å². The molecule has 0 spiro atoms. The average molecular weight is 288 g/mol. The maximum Gasteiger partial charge on any atom is 0.143 e. The second kappa shape index (κ2) is 4.54. The highest BCUT2D eigenvalue weighted by molar-refractivity contribution is 9.10. The van der Waals surface area contributed by atoms with Crippen molar-refractivity contribution in [2.45, 2.75) is 18.9 Å². The third-order valence-corrected chi connectivity index (χ3v) is 3.16. The Morgan fingerprint density at radius 3 is 2.93 bits per heavy atom. The van der Waals surface area contributed by atoms with E-state index in [1.807, 2.05) is 12.1 Å². The van der Waals surface area contributed by atoms with E-state index in [0.717, 1.165) is 16.8 Å². The van der Waals surface area contributed by atoms with Crippen molar-refractivity contribution in [3.63, 3.8) is 0 Å². The SMILES string of the molecule is C=CCN(c1ncc(Cl)cc1Br)C1CC1. The predicted molar refractivity (Wildman–Crippen MR) is 67.5 cm³/mol. The third kappa shape index (κ3) is 2.52. The highest BCUT2D eigenvalue weighted by Gasteiger charge is 2.30. The largest absolute Gasteiger partial charge is 0.349 e. The molecular weight excluding hydrogens is 275 g/mol. The first-order chi connectivity index (χ1) is 7.22. The van der Waals surface area contributed by atoms with Crippen molar-refractivity contribution < 1.29 is 0 Å². The summed E-state index contributed by atoms with van der Waals surface area (Å²) in [6.45, 7) is 4.60. The summed E-state index contributed by atoms with van der Waals surface area (Å²) in [5.41, 5.74) is 0. The molecule has 2 rings (SSSR count). The van der Waals surface area contributed by atoms with E-state index in [-0.39, 0.29) is 0 Å². The van der Waals surface area contributed by atoms with Crippen LogP contribution in [0.2, 0.25) is 5.02 Å². The fourth-order valence-corrected chi connectivity index (χ4v) is 2.42. The van der Waals surface area contributed by atoms with Gasteiger partial charge in [-0.2, -0.15) is 0 Å². The molecule has 0 N–H and O–H groups in total. The molecule has 0 unspecified atom stereocenters. The minimum absolute atomic E-state index is 0.618. The summed E-state index contributed by atoms with van der Waals surface area (Å²) in [6.07, 6.45) is 6.07. The lowest BCUT2D eigenvalue weighted by Gasteiger charge is -2.22. The Kier molecular flexibility index (Phi) is 3.32. The van der Waals surface area contributed by atoms with Gasteiger partial charge in [-0.3, -0.25) is 0 Å². The van der Waals surface area contributed by atoms with Gasteiger partial charge in [-0.1, -0.05) is 17.7 Å². The monoisotopic (exact) mass is 286 g/mol. The van der Waals surface area contributed by atoms with E-state index in [1.165, 1.54) is 12.8 Å². The number of aromatic nitrogens is 1. The van der Waals surface area contributed by atoms with Crippen LogP contribution in [0.25, 0.3) is 0 Å². The molecule has 1 aromatic rings. The molecule has 1 aromatic heterocycles. The van der Waals surface area contributed by atoms with Gasteiger partial charge in [0.25, 0.3) is 0 Å². The second-order valence-electron chi connectivity index (χ2n) is 3.63. The normalized spacial score (nSPS) is 15.1. The highest BCUT2D eigenvalue weighted by atomic mass is 79.9. The van der Waals surface area contributed by atoms with E-state index in [9.17, 15) is 0 Å². The first-order valence-electron chi connectivity index (χ1n) is 4.91. The van der Waals surface area contributed by atoms with Crippen LogP contribution in [0.15, 0.2) is 29.4 Å². The molecule has 0 amide bonds. The molecule has 1 fully saturated rings. The van der Waals surface area contributed by atoms with Gasteiger partial charge >= 0.3 is 0 Å². The molecule has 1 aliphatic carbocycles. The zero-order chi connectivity index (χ0) is 10.8. The first kappa shape index (κ1) is 11.0. The fourth-order valence-electron chi connectivity index (χ4n) is 1.55. The Labute approximate surface area is 103 Å². The maximum absolute atomic E-state index is 5.86. The van der Waals surface area contributed by atoms with E-state index >= 15 is 0 Å². The minimum Gasteiger partial charge on any atom is -0.349 e. The molecule has 15 heavy (non-hydrogen) atoms. The fraction of sp³-hybridized carbons (Fsp3) is 0.364. The molecule has 80 valence electrons. The van der Waals surface area contributed by atoms with Gasteiger partial charge in [0.15, 0.2) is 0 Å². The summed E-state index contributed by atoms with van der Waals surface area (Å²) in [6, 6.07) is 2.50. The lowest BCUT2D eigenvalue weighted by molar-refractivity contribution is 0.838. The van der Waals surface area contributed by atoms with E-state index < -0.39 is 0 Å². The number of rotatable bonds is 4. The van der Waals surface area contributed by atoms with Crippen molar-refractivity contribution in [3.8, 4) is 0 Å². The van der Waals surface area contributed by atoms with E-state index in [4.69, 9.17) is 11.6 Å². The van der Waals surface area contributed by atoms with Gasteiger partial charge in [0.05, 0.1) is 9.50 Å². The number of anilines is 1. The van der Waals surface area contributed by atoms with E-state index in [1.54, 1.807) is 6.20 Å². The van der Waals surface area contributed by atoms with Gasteiger partial charge in [-0.15, -0.1) is 6.58 Å². The first-order valence-corrected chi connectivity index (χ1v) is 6.08. The third-order valence-electron chi connectivity index (χ3n) is 2.37. The lowest BCUT2D eigenvalue weighted by atomic mass is 10.4. The van der Waals surface area contributed by atoms with Crippen molar-refractivity contribution in [3.05, 3.63) is 34.4 Å². The number of halogens is 2. The van der Waals surface area contributed by atoms with Crippen LogP contribution < -0.4 is 4.90 Å². The molecule has 1 saturated carbocycles. The van der Waals surface area contributed by atoms with E-state index in [2.05, 4.69) is 32.4 Å². The van der Waals surface area contributed by atoms with Crippen molar-refractivity contribution in [1.82, 2.24) is 4.98 Å². The molecule has 0 aromatic carbocycles. The summed E-state index contributed by atoms with van der Waals surface area (Å²) in [4.78, 5) is 6.61. The van der Waals surface area contributed by atoms with Crippen LogP contribution in [0.3, 0.4) is 0 Å². The zero-order valence-corrected chi connectivity index (χ0v) is 10.6. The topological polar surface area (TPSA) is 16.1 Å². The Morgan fingerprint density at radius 2 is 2.40 bits per heavy atom. The summed E-state index contributed by atoms with van der Waals surface area (Å²) < 4.78 is 0.948. The zero-order valence-electron chi connectivity index (χ0n) is 8.29. The smallest absolute Gasteiger partial charge is 0.143 e. The van der Waals surface area contributed by atoms with Gasteiger partial charge in [-0.25, -0.2) is 4.98 Å². The summed E-state index contributed by atoms with van der Waals surface area (Å²) >= 11 is 9.35. The number of pyridine rings is 1. The van der Waals surface area contributed by atoms with Gasteiger partial charge in [0.1, 0.15) is 5.82 Å². The molecule has 2 nitrogen and oxygen atoms in total. The van der Waals surface area contributed by atoms with Gasteiger partial charge in [0, 0.05) is 18.8 Å². The molecule has 0 radical (unpaired) electrons.